The minimum atomic E-state index is -1.66. The maximum atomic E-state index is 12.6. The molecule has 0 bridgehead atoms. The van der Waals surface area contributed by atoms with Crippen LogP contribution in [0.15, 0.2) is 0 Å². The van der Waals surface area contributed by atoms with E-state index in [4.69, 9.17) is 47.6 Å². The number of nitrogens with one attached hydrogen (secondary N) is 1. The number of nitrogens with two attached hydrogens (primary N) is 5. The van der Waals surface area contributed by atoms with E-state index in [1.54, 1.807) is 0 Å². The van der Waals surface area contributed by atoms with Crippen molar-refractivity contribution >= 4 is 5.91 Å². The molecule has 0 aromatic carbocycles. The molecule has 9 unspecified atom stereocenters. The van der Waals surface area contributed by atoms with Gasteiger partial charge in [0, 0.05) is 12.6 Å². The third-order valence-electron chi connectivity index (χ3n) is 7.59. The molecule has 2 saturated heterocycles. The van der Waals surface area contributed by atoms with Crippen LogP contribution in [0.5, 0.6) is 0 Å². The van der Waals surface area contributed by atoms with Crippen molar-refractivity contribution in [2.45, 2.75) is 111 Å². The molecular weight excluding hydrogens is 540 g/mol. The lowest BCUT2D eigenvalue weighted by Gasteiger charge is -2.49. The van der Waals surface area contributed by atoms with Crippen molar-refractivity contribution in [3.8, 4) is 0 Å². The molecule has 2 aliphatic heterocycles. The van der Waals surface area contributed by atoms with E-state index in [1.165, 1.54) is 0 Å². The number of amides is 1. The Bertz CT molecular complexity index is 816. The molecule has 0 radical (unpaired) electrons. The van der Waals surface area contributed by atoms with Crippen LogP contribution in [0.4, 0.5) is 0 Å². The number of hydrogen-bond acceptors (Lipinski definition) is 17. The van der Waals surface area contributed by atoms with E-state index in [2.05, 4.69) is 5.32 Å². The van der Waals surface area contributed by atoms with Crippen molar-refractivity contribution in [3.05, 3.63) is 0 Å². The van der Waals surface area contributed by atoms with Crippen LogP contribution in [0.3, 0.4) is 0 Å². The van der Waals surface area contributed by atoms with E-state index in [1.807, 2.05) is 0 Å². The topological polar surface area (TPSA) is 338 Å². The van der Waals surface area contributed by atoms with Gasteiger partial charge in [-0.1, -0.05) is 0 Å². The highest BCUT2D eigenvalue weighted by Gasteiger charge is 2.52. The van der Waals surface area contributed by atoms with E-state index < -0.39 is 110 Å². The summed E-state index contributed by atoms with van der Waals surface area (Å²) in [6.45, 7) is -0.817. The minimum Gasteiger partial charge on any atom is -0.394 e. The molecule has 1 amide bonds. The van der Waals surface area contributed by atoms with Gasteiger partial charge in [-0.2, -0.15) is 0 Å². The summed E-state index contributed by atoms with van der Waals surface area (Å²) in [5.74, 6) is -0.825. The molecule has 0 aromatic rings. The first-order valence-electron chi connectivity index (χ1n) is 13.1. The van der Waals surface area contributed by atoms with Crippen molar-refractivity contribution < 1.29 is 59.5 Å². The highest BCUT2D eigenvalue weighted by molar-refractivity contribution is 5.80. The Kier molecular flexibility index (Phi) is 11.9. The van der Waals surface area contributed by atoms with Gasteiger partial charge in [0.1, 0.15) is 61.0 Å². The molecule has 1 saturated carbocycles. The molecule has 18 N–H and O–H groups in total. The minimum absolute atomic E-state index is 0.0219. The van der Waals surface area contributed by atoms with Crippen molar-refractivity contribution in [2.24, 2.45) is 28.7 Å². The fourth-order valence-electron chi connectivity index (χ4n) is 5.11. The van der Waals surface area contributed by atoms with Crippen molar-refractivity contribution in [3.63, 3.8) is 0 Å². The predicted octanol–water partition coefficient (Wildman–Crippen LogP) is -8.46. The first-order chi connectivity index (χ1) is 18.9. The molecule has 0 aromatic heterocycles. The number of hydrogen-bond donors (Lipinski definition) is 13. The second-order valence-electron chi connectivity index (χ2n) is 10.4. The van der Waals surface area contributed by atoms with Gasteiger partial charge in [0.25, 0.3) is 0 Å². The van der Waals surface area contributed by atoms with Crippen LogP contribution < -0.4 is 34.0 Å². The van der Waals surface area contributed by atoms with Gasteiger partial charge in [-0.15, -0.1) is 0 Å². The Morgan fingerprint density at radius 2 is 1.48 bits per heavy atom. The Morgan fingerprint density at radius 1 is 0.850 bits per heavy atom. The molecular formula is C22H44N6O12. The second kappa shape index (κ2) is 14.3. The zero-order valence-corrected chi connectivity index (χ0v) is 21.8. The molecule has 40 heavy (non-hydrogen) atoms. The second-order valence-corrected chi connectivity index (χ2v) is 10.4. The van der Waals surface area contributed by atoms with Gasteiger partial charge in [-0.25, -0.2) is 0 Å². The van der Waals surface area contributed by atoms with Crippen LogP contribution in [-0.4, -0.2) is 159 Å². The summed E-state index contributed by atoms with van der Waals surface area (Å²) >= 11 is 0. The highest BCUT2D eigenvalue weighted by atomic mass is 16.7. The molecule has 3 aliphatic rings. The fourth-order valence-corrected chi connectivity index (χ4v) is 5.11. The van der Waals surface area contributed by atoms with E-state index in [0.717, 1.165) is 0 Å². The zero-order chi connectivity index (χ0) is 29.9. The van der Waals surface area contributed by atoms with Crippen LogP contribution >= 0.6 is 0 Å². The first-order valence-corrected chi connectivity index (χ1v) is 13.1. The number of carbonyl (C=O) groups is 1. The molecule has 234 valence electrons. The highest BCUT2D eigenvalue weighted by Crippen LogP contribution is 2.31. The Labute approximate surface area is 230 Å². The Morgan fingerprint density at radius 3 is 2.08 bits per heavy atom. The average molecular weight is 585 g/mol. The number of aliphatic hydroxyl groups excluding tert-OH is 7. The monoisotopic (exact) mass is 584 g/mol. The molecule has 18 heteroatoms. The summed E-state index contributed by atoms with van der Waals surface area (Å²) in [4.78, 5) is 12.6. The third kappa shape index (κ3) is 7.06. The summed E-state index contributed by atoms with van der Waals surface area (Å²) in [7, 11) is 0. The molecule has 1 aliphatic carbocycles. The molecule has 0 spiro atoms. The van der Waals surface area contributed by atoms with Gasteiger partial charge >= 0.3 is 0 Å². The quantitative estimate of drug-likeness (QED) is 0.113. The summed E-state index contributed by atoms with van der Waals surface area (Å²) in [6.07, 6.45) is -17.1. The van der Waals surface area contributed by atoms with Gasteiger partial charge in [0.05, 0.1) is 24.7 Å². The largest absolute Gasteiger partial charge is 0.394 e. The van der Waals surface area contributed by atoms with Crippen LogP contribution in [-0.2, 0) is 23.7 Å². The molecule has 3 fully saturated rings. The van der Waals surface area contributed by atoms with Crippen LogP contribution in [0.1, 0.15) is 12.8 Å². The Hall–Kier alpha value is -1.17. The summed E-state index contributed by atoms with van der Waals surface area (Å²) in [6, 6.07) is -4.61. The molecule has 2 heterocycles. The summed E-state index contributed by atoms with van der Waals surface area (Å²) in [5, 5.41) is 74.8. The van der Waals surface area contributed by atoms with E-state index >= 15 is 0 Å². The van der Waals surface area contributed by atoms with Gasteiger partial charge in [0.2, 0.25) is 5.91 Å². The normalized spacial score (nSPS) is 47.0. The SMILES string of the molecule is NCC[C@H](O)C(=O)N[C@@H]1CC(N)[C@@H](O[C@H]2OC(CN)[C@@H](O)C(O)C2N)C(O)C1OC1O[C@H](CO)C(O)C(N)[C@H]1O. The van der Waals surface area contributed by atoms with Gasteiger partial charge in [-0.3, -0.25) is 4.79 Å². The van der Waals surface area contributed by atoms with Crippen molar-refractivity contribution in [1.82, 2.24) is 5.32 Å². The van der Waals surface area contributed by atoms with Crippen molar-refractivity contribution in [1.29, 1.82) is 0 Å². The number of aliphatic hydroxyl groups is 7. The predicted molar refractivity (Wildman–Crippen MR) is 133 cm³/mol. The number of rotatable bonds is 10. The maximum Gasteiger partial charge on any atom is 0.249 e. The van der Waals surface area contributed by atoms with E-state index in [0.29, 0.717) is 0 Å². The lowest BCUT2D eigenvalue weighted by molar-refractivity contribution is -0.319. The van der Waals surface area contributed by atoms with Crippen LogP contribution in [0, 0.1) is 0 Å². The van der Waals surface area contributed by atoms with Gasteiger partial charge < -0.3 is 88.7 Å². The van der Waals surface area contributed by atoms with E-state index in [-0.39, 0.29) is 25.9 Å². The molecule has 3 rings (SSSR count). The van der Waals surface area contributed by atoms with Gasteiger partial charge in [-0.05, 0) is 19.4 Å². The third-order valence-corrected chi connectivity index (χ3v) is 7.59. The summed E-state index contributed by atoms with van der Waals surface area (Å²) < 4.78 is 22.8. The first kappa shape index (κ1) is 33.3. The lowest BCUT2D eigenvalue weighted by atomic mass is 9.83. The zero-order valence-electron chi connectivity index (χ0n) is 21.8. The molecule has 16 atom stereocenters. The smallest absolute Gasteiger partial charge is 0.249 e. The summed E-state index contributed by atoms with van der Waals surface area (Å²) in [5.41, 5.74) is 29.2. The lowest BCUT2D eigenvalue weighted by Crippen LogP contribution is -2.70. The van der Waals surface area contributed by atoms with E-state index in [9.17, 15) is 40.5 Å². The number of carbonyl (C=O) groups excluding carboxylic acids is 1. The van der Waals surface area contributed by atoms with Crippen LogP contribution in [0.25, 0.3) is 0 Å². The molecule has 18 nitrogen and oxygen atoms in total. The standard InChI is InChI=1S/C22H44N6O12/c23-2-1-8(30)20(36)28-7-3-6(25)18(39-21-12(27)15(33)14(32)9(4-24)37-21)17(35)19(7)40-22-16(34)11(26)13(31)10(5-29)38-22/h6-19,21-22,29-35H,1-5,23-27H2,(H,28,36)/t6?,7-,8+,9?,10-,11?,12?,13?,14-,15?,16-,17?,18-,19?,21-,22?/m1/s1. The van der Waals surface area contributed by atoms with Crippen LogP contribution in [0.2, 0.25) is 0 Å². The fraction of sp³-hybridized carbons (Fsp3) is 0.955. The number of ether oxygens (including phenoxy) is 4. The van der Waals surface area contributed by atoms with Gasteiger partial charge in [0.15, 0.2) is 12.6 Å². The Balaban J connectivity index is 1.85. The maximum absolute atomic E-state index is 12.6. The average Bonchev–Trinajstić information content (AvgIpc) is 2.92. The van der Waals surface area contributed by atoms with Crippen molar-refractivity contribution in [2.75, 3.05) is 19.7 Å².